The highest BCUT2D eigenvalue weighted by molar-refractivity contribution is 5.77. The summed E-state index contributed by atoms with van der Waals surface area (Å²) in [5.41, 5.74) is 1.02. The molecule has 2 rings (SSSR count). The molecule has 0 heterocycles. The zero-order valence-corrected chi connectivity index (χ0v) is 16.1. The molecule has 1 aliphatic carbocycles. The molecular weight excluding hydrogens is 335 g/mol. The van der Waals surface area contributed by atoms with Crippen LogP contribution in [0.5, 0.6) is 0 Å². The van der Waals surface area contributed by atoms with Crippen LogP contribution >= 0.6 is 0 Å². The number of carbonyl (C=O) groups is 1. The summed E-state index contributed by atoms with van der Waals surface area (Å²) < 4.78 is 23.7. The van der Waals surface area contributed by atoms with Crippen molar-refractivity contribution in [3.63, 3.8) is 0 Å². The van der Waals surface area contributed by atoms with E-state index >= 15 is 0 Å². The number of benzene rings is 1. The predicted octanol–water partition coefficient (Wildman–Crippen LogP) is 2.39. The van der Waals surface area contributed by atoms with Gasteiger partial charge in [0, 0.05) is 18.7 Å². The third kappa shape index (κ3) is 6.04. The molecule has 1 amide bonds. The Morgan fingerprint density at radius 1 is 1.31 bits per heavy atom. The number of halogens is 1. The van der Waals surface area contributed by atoms with Crippen molar-refractivity contribution < 1.29 is 18.7 Å². The molecule has 1 saturated carbocycles. The summed E-state index contributed by atoms with van der Waals surface area (Å²) in [5.74, 6) is -0.264. The van der Waals surface area contributed by atoms with Gasteiger partial charge in [-0.05, 0) is 63.9 Å². The molecule has 1 fully saturated rings. The normalized spacial score (nSPS) is 23.2. The molecule has 0 aliphatic heterocycles. The predicted molar refractivity (Wildman–Crippen MR) is 99.6 cm³/mol. The van der Waals surface area contributed by atoms with Gasteiger partial charge in [-0.3, -0.25) is 4.79 Å². The van der Waals surface area contributed by atoms with Crippen LogP contribution in [-0.2, 0) is 20.7 Å². The van der Waals surface area contributed by atoms with Gasteiger partial charge in [-0.1, -0.05) is 12.1 Å². The molecule has 0 atom stereocenters. The molecule has 0 spiro atoms. The average molecular weight is 366 g/mol. The van der Waals surface area contributed by atoms with Gasteiger partial charge in [-0.2, -0.15) is 0 Å². The van der Waals surface area contributed by atoms with E-state index in [4.69, 9.17) is 9.47 Å². The van der Waals surface area contributed by atoms with Crippen LogP contribution in [0.2, 0.25) is 0 Å². The Morgan fingerprint density at radius 3 is 2.65 bits per heavy atom. The number of likely N-dealkylation sites (N-methyl/N-ethyl adjacent to an activating group) is 1. The van der Waals surface area contributed by atoms with Crippen molar-refractivity contribution in [3.05, 3.63) is 35.6 Å². The van der Waals surface area contributed by atoms with Crippen molar-refractivity contribution >= 4 is 5.91 Å². The number of carbonyl (C=O) groups excluding carboxylic acids is 1. The van der Waals surface area contributed by atoms with Crippen LogP contribution in [0.1, 0.15) is 31.2 Å². The van der Waals surface area contributed by atoms with Gasteiger partial charge < -0.3 is 19.7 Å². The highest BCUT2D eigenvalue weighted by Gasteiger charge is 2.37. The van der Waals surface area contributed by atoms with Crippen LogP contribution in [-0.4, -0.2) is 63.4 Å². The quantitative estimate of drug-likeness (QED) is 0.682. The van der Waals surface area contributed by atoms with Gasteiger partial charge in [0.15, 0.2) is 0 Å². The van der Waals surface area contributed by atoms with E-state index in [-0.39, 0.29) is 29.9 Å². The van der Waals surface area contributed by atoms with Crippen molar-refractivity contribution in [3.8, 4) is 0 Å². The van der Waals surface area contributed by atoms with Gasteiger partial charge in [0.05, 0.1) is 13.2 Å². The Kier molecular flexibility index (Phi) is 8.00. The highest BCUT2D eigenvalue weighted by Crippen LogP contribution is 2.35. The second-order valence-corrected chi connectivity index (χ2v) is 7.31. The minimum Gasteiger partial charge on any atom is -0.382 e. The summed E-state index contributed by atoms with van der Waals surface area (Å²) in [6.07, 6.45) is 4.57. The lowest BCUT2D eigenvalue weighted by Crippen LogP contribution is -2.52. The lowest BCUT2D eigenvalue weighted by atomic mass is 9.75. The molecule has 146 valence electrons. The van der Waals surface area contributed by atoms with E-state index in [1.807, 2.05) is 6.07 Å². The number of amides is 1. The monoisotopic (exact) mass is 366 g/mol. The number of rotatable bonds is 9. The van der Waals surface area contributed by atoms with Gasteiger partial charge in [0.1, 0.15) is 12.4 Å². The fourth-order valence-corrected chi connectivity index (χ4v) is 3.68. The SMILES string of the molecule is COCCOCC(=O)NC1CCC(Cc2cccc(F)c2)(N(C)C)CC1. The van der Waals surface area contributed by atoms with Crippen LogP contribution in [0.25, 0.3) is 0 Å². The first-order valence-corrected chi connectivity index (χ1v) is 9.23. The van der Waals surface area contributed by atoms with Crippen molar-refractivity contribution in [1.29, 1.82) is 0 Å². The minimum absolute atomic E-state index is 0.00395. The molecule has 1 aromatic rings. The summed E-state index contributed by atoms with van der Waals surface area (Å²) in [7, 11) is 5.77. The number of nitrogens with zero attached hydrogens (tertiary/aromatic N) is 1. The van der Waals surface area contributed by atoms with Crippen LogP contribution in [0.4, 0.5) is 4.39 Å². The molecule has 5 nitrogen and oxygen atoms in total. The average Bonchev–Trinajstić information content (AvgIpc) is 2.60. The fraction of sp³-hybridized carbons (Fsp3) is 0.650. The molecule has 6 heteroatoms. The summed E-state index contributed by atoms with van der Waals surface area (Å²) >= 11 is 0. The Balaban J connectivity index is 1.85. The molecule has 26 heavy (non-hydrogen) atoms. The maximum Gasteiger partial charge on any atom is 0.246 e. The van der Waals surface area contributed by atoms with Crippen molar-refractivity contribution in [2.75, 3.05) is 41.0 Å². The van der Waals surface area contributed by atoms with Gasteiger partial charge in [-0.25, -0.2) is 4.39 Å². The van der Waals surface area contributed by atoms with E-state index in [1.165, 1.54) is 6.07 Å². The van der Waals surface area contributed by atoms with Crippen molar-refractivity contribution in [2.45, 2.75) is 43.7 Å². The maximum absolute atomic E-state index is 13.5. The first kappa shape index (κ1) is 20.8. The van der Waals surface area contributed by atoms with Gasteiger partial charge in [0.25, 0.3) is 0 Å². The Morgan fingerprint density at radius 2 is 2.04 bits per heavy atom. The molecule has 0 bridgehead atoms. The van der Waals surface area contributed by atoms with E-state index in [0.29, 0.717) is 13.2 Å². The standard InChI is InChI=1S/C20H31FN2O3/c1-23(2)20(14-16-5-4-6-17(21)13-16)9-7-18(8-10-20)22-19(24)15-26-12-11-25-3/h4-6,13,18H,7-12,14-15H2,1-3H3,(H,22,24). The van der Waals surface area contributed by atoms with E-state index in [2.05, 4.69) is 24.3 Å². The molecular formula is C20H31FN2O3. The first-order valence-electron chi connectivity index (χ1n) is 9.23. The van der Waals surface area contributed by atoms with E-state index in [1.54, 1.807) is 19.2 Å². The number of methoxy groups -OCH3 is 1. The van der Waals surface area contributed by atoms with E-state index in [0.717, 1.165) is 37.7 Å². The topological polar surface area (TPSA) is 50.8 Å². The van der Waals surface area contributed by atoms with E-state index in [9.17, 15) is 9.18 Å². The molecule has 1 aliphatic rings. The third-order valence-corrected chi connectivity index (χ3v) is 5.32. The minimum atomic E-state index is -0.189. The maximum atomic E-state index is 13.5. The number of ether oxygens (including phenoxy) is 2. The zero-order valence-electron chi connectivity index (χ0n) is 16.1. The molecule has 0 aromatic heterocycles. The lowest BCUT2D eigenvalue weighted by molar-refractivity contribution is -0.127. The van der Waals surface area contributed by atoms with Crippen LogP contribution in [0.3, 0.4) is 0 Å². The van der Waals surface area contributed by atoms with Gasteiger partial charge in [-0.15, -0.1) is 0 Å². The lowest BCUT2D eigenvalue weighted by Gasteiger charge is -2.45. The summed E-state index contributed by atoms with van der Waals surface area (Å²) in [5, 5.41) is 3.06. The van der Waals surface area contributed by atoms with Crippen LogP contribution in [0.15, 0.2) is 24.3 Å². The van der Waals surface area contributed by atoms with Crippen LogP contribution in [0, 0.1) is 5.82 Å². The molecule has 1 N–H and O–H groups in total. The van der Waals surface area contributed by atoms with Gasteiger partial charge in [0.2, 0.25) is 5.91 Å². The summed E-state index contributed by atoms with van der Waals surface area (Å²) in [6.45, 7) is 0.982. The summed E-state index contributed by atoms with van der Waals surface area (Å²) in [6, 6.07) is 7.03. The van der Waals surface area contributed by atoms with Crippen molar-refractivity contribution in [2.24, 2.45) is 0 Å². The number of hydrogen-bond donors (Lipinski definition) is 1. The third-order valence-electron chi connectivity index (χ3n) is 5.32. The van der Waals surface area contributed by atoms with E-state index < -0.39 is 0 Å². The molecule has 0 radical (unpaired) electrons. The Bertz CT molecular complexity index is 572. The summed E-state index contributed by atoms with van der Waals surface area (Å²) in [4.78, 5) is 14.2. The highest BCUT2D eigenvalue weighted by atomic mass is 19.1. The largest absolute Gasteiger partial charge is 0.382 e. The molecule has 0 saturated heterocycles. The molecule has 1 aromatic carbocycles. The van der Waals surface area contributed by atoms with Crippen LogP contribution < -0.4 is 5.32 Å². The second kappa shape index (κ2) is 10.00. The smallest absolute Gasteiger partial charge is 0.246 e. The number of nitrogens with one attached hydrogen (secondary N) is 1. The number of hydrogen-bond acceptors (Lipinski definition) is 4. The van der Waals surface area contributed by atoms with Gasteiger partial charge >= 0.3 is 0 Å². The Labute approximate surface area is 155 Å². The fourth-order valence-electron chi connectivity index (χ4n) is 3.68. The second-order valence-electron chi connectivity index (χ2n) is 7.31. The van der Waals surface area contributed by atoms with Crippen molar-refractivity contribution in [1.82, 2.24) is 10.2 Å². The zero-order chi connectivity index (χ0) is 19.0. The first-order chi connectivity index (χ1) is 12.4. The molecule has 0 unspecified atom stereocenters. The Hall–Kier alpha value is -1.50.